The molecule has 9 nitrogen and oxygen atoms in total. The number of allylic oxidation sites excluding steroid dienone is 1. The van der Waals surface area contributed by atoms with Gasteiger partial charge in [0, 0.05) is 11.4 Å². The van der Waals surface area contributed by atoms with E-state index < -0.39 is 36.5 Å². The van der Waals surface area contributed by atoms with Crippen molar-refractivity contribution in [3.63, 3.8) is 0 Å². The van der Waals surface area contributed by atoms with E-state index in [0.29, 0.717) is 12.2 Å². The van der Waals surface area contributed by atoms with E-state index in [1.807, 2.05) is 11.8 Å². The monoisotopic (exact) mass is 553 g/mol. The predicted molar refractivity (Wildman–Crippen MR) is 136 cm³/mol. The minimum absolute atomic E-state index is 0.000194. The molecule has 1 fully saturated rings. The number of carboxylic acid groups (broad SMARTS) is 2. The highest BCUT2D eigenvalue weighted by Gasteiger charge is 2.35. The molecule has 2 aliphatic heterocycles. The number of hydrogen-bond donors (Lipinski definition) is 2. The number of carboxylic acids is 2. The quantitative estimate of drug-likeness (QED) is 0.509. The standard InChI is InChI=1S/C21H16FN3O6S4/c1-2-23-11-7-10(22)3-4-12(11)33-14(23)6-5-13-18(30)24(8-15(26)27)20(34-13)17-19(31)25(9-16(28)29)21(32)35-17/h3-7H,2,8-9H2,1H3,(H,26,27)(H,28,29)/b13-5+,14-6-,20-17-. The normalized spacial score (nSPS) is 18.7. The third kappa shape index (κ3) is 4.91. The Morgan fingerprint density at radius 3 is 2.46 bits per heavy atom. The van der Waals surface area contributed by atoms with Crippen LogP contribution in [0.4, 0.5) is 10.1 Å². The molecule has 2 aromatic rings. The number of fused-ring (bicyclic) bond motifs is 1. The summed E-state index contributed by atoms with van der Waals surface area (Å²) in [7, 11) is 0. The second kappa shape index (κ2) is 9.97. The van der Waals surface area contributed by atoms with Gasteiger partial charge in [-0.05, 0) is 37.3 Å². The van der Waals surface area contributed by atoms with Crippen LogP contribution in [-0.4, -0.2) is 54.9 Å². The zero-order valence-electron chi connectivity index (χ0n) is 17.9. The highest BCUT2D eigenvalue weighted by molar-refractivity contribution is 8.30. The number of carbonyl (C=O) groups excluding carboxylic acids is 1. The van der Waals surface area contributed by atoms with Crippen LogP contribution in [0, 0.1) is 5.82 Å². The Labute approximate surface area is 214 Å². The zero-order valence-corrected chi connectivity index (χ0v) is 21.2. The number of benzene rings is 1. The maximum absolute atomic E-state index is 13.7. The molecule has 3 heterocycles. The molecule has 0 aliphatic carbocycles. The van der Waals surface area contributed by atoms with Crippen LogP contribution in [0.3, 0.4) is 0 Å². The zero-order chi connectivity index (χ0) is 25.4. The summed E-state index contributed by atoms with van der Waals surface area (Å²) in [4.78, 5) is 52.0. The Morgan fingerprint density at radius 1 is 1.09 bits per heavy atom. The first-order valence-corrected chi connectivity index (χ1v) is 12.8. The summed E-state index contributed by atoms with van der Waals surface area (Å²) in [6.07, 6.45) is 3.21. The number of thiocarbonyl (C=S) groups is 1. The van der Waals surface area contributed by atoms with Gasteiger partial charge >= 0.3 is 11.9 Å². The molecule has 1 aromatic heterocycles. The lowest BCUT2D eigenvalue weighted by molar-refractivity contribution is -0.140. The summed E-state index contributed by atoms with van der Waals surface area (Å²) < 4.78 is 15.0. The molecule has 182 valence electrons. The van der Waals surface area contributed by atoms with Gasteiger partial charge in [-0.2, -0.15) is 0 Å². The SMILES string of the molecule is CCN1/C(=C/C=c2/s/c(=C3\SC(=S)N(CC(=O)O)C3=O)n(CC(=O)O)c2=O)Sc2ccc(F)cc21. The number of nitrogens with zero attached hydrogens (tertiary/aromatic N) is 3. The number of rotatable bonds is 6. The van der Waals surface area contributed by atoms with Crippen molar-refractivity contribution in [2.24, 2.45) is 0 Å². The highest BCUT2D eigenvalue weighted by Crippen LogP contribution is 2.45. The van der Waals surface area contributed by atoms with Crippen LogP contribution >= 0.6 is 47.1 Å². The van der Waals surface area contributed by atoms with Crippen molar-refractivity contribution in [1.29, 1.82) is 0 Å². The van der Waals surface area contributed by atoms with Gasteiger partial charge in [-0.3, -0.25) is 28.6 Å². The van der Waals surface area contributed by atoms with Crippen molar-refractivity contribution in [3.05, 3.63) is 54.7 Å². The Balaban J connectivity index is 1.83. The molecule has 0 radical (unpaired) electrons. The molecular formula is C21H16FN3O6S4. The maximum atomic E-state index is 13.7. The molecule has 2 aliphatic rings. The second-order valence-electron chi connectivity index (χ2n) is 7.17. The van der Waals surface area contributed by atoms with E-state index >= 15 is 0 Å². The third-order valence-corrected chi connectivity index (χ3v) is 8.77. The van der Waals surface area contributed by atoms with Crippen molar-refractivity contribution >= 4 is 85.9 Å². The number of amides is 1. The molecule has 4 rings (SSSR count). The summed E-state index contributed by atoms with van der Waals surface area (Å²) in [6.45, 7) is 1.14. The average Bonchev–Trinajstić information content (AvgIpc) is 3.38. The number of thiazole rings is 1. The Bertz CT molecular complexity index is 1500. The van der Waals surface area contributed by atoms with Gasteiger partial charge in [0.2, 0.25) is 0 Å². The lowest BCUT2D eigenvalue weighted by Crippen LogP contribution is -2.36. The molecule has 1 amide bonds. The molecule has 0 unspecified atom stereocenters. The van der Waals surface area contributed by atoms with Gasteiger partial charge in [-0.15, -0.1) is 11.3 Å². The predicted octanol–water partition coefficient (Wildman–Crippen LogP) is 1.44. The van der Waals surface area contributed by atoms with E-state index in [9.17, 15) is 28.7 Å². The summed E-state index contributed by atoms with van der Waals surface area (Å²) in [5.74, 6) is -3.60. The van der Waals surface area contributed by atoms with Crippen molar-refractivity contribution < 1.29 is 29.0 Å². The molecule has 0 spiro atoms. The highest BCUT2D eigenvalue weighted by atomic mass is 32.2. The Morgan fingerprint density at radius 2 is 1.80 bits per heavy atom. The van der Waals surface area contributed by atoms with E-state index in [1.165, 1.54) is 30.0 Å². The molecule has 14 heteroatoms. The van der Waals surface area contributed by atoms with Crippen molar-refractivity contribution in [3.8, 4) is 0 Å². The van der Waals surface area contributed by atoms with Crippen LogP contribution in [0.2, 0.25) is 0 Å². The van der Waals surface area contributed by atoms with Crippen molar-refractivity contribution in [2.75, 3.05) is 18.0 Å². The first-order valence-electron chi connectivity index (χ1n) is 9.98. The van der Waals surface area contributed by atoms with Gasteiger partial charge in [0.25, 0.3) is 11.5 Å². The number of carbonyl (C=O) groups is 3. The van der Waals surface area contributed by atoms with Crippen molar-refractivity contribution in [1.82, 2.24) is 9.47 Å². The van der Waals surface area contributed by atoms with Gasteiger partial charge in [-0.1, -0.05) is 35.7 Å². The van der Waals surface area contributed by atoms with Crippen LogP contribution in [-0.2, 0) is 20.9 Å². The smallest absolute Gasteiger partial charge is 0.323 e. The summed E-state index contributed by atoms with van der Waals surface area (Å²) >= 11 is 8.25. The Hall–Kier alpha value is -2.94. The topological polar surface area (TPSA) is 120 Å². The fourth-order valence-corrected chi connectivity index (χ4v) is 7.01. The van der Waals surface area contributed by atoms with Gasteiger partial charge < -0.3 is 15.1 Å². The number of halogens is 1. The summed E-state index contributed by atoms with van der Waals surface area (Å²) in [6, 6.07) is 4.47. The van der Waals surface area contributed by atoms with Crippen LogP contribution in [0.1, 0.15) is 6.92 Å². The van der Waals surface area contributed by atoms with Crippen LogP contribution in [0.15, 0.2) is 39.0 Å². The van der Waals surface area contributed by atoms with E-state index in [1.54, 1.807) is 12.1 Å². The first kappa shape index (κ1) is 25.2. The minimum Gasteiger partial charge on any atom is -0.480 e. The molecule has 0 bridgehead atoms. The van der Waals surface area contributed by atoms with Gasteiger partial charge in [0.1, 0.15) is 32.8 Å². The summed E-state index contributed by atoms with van der Waals surface area (Å²) in [5, 5.41) is 19.1. The van der Waals surface area contributed by atoms with E-state index in [4.69, 9.17) is 17.3 Å². The number of aromatic nitrogens is 1. The molecule has 0 saturated carbocycles. The van der Waals surface area contributed by atoms with Crippen LogP contribution in [0.5, 0.6) is 0 Å². The van der Waals surface area contributed by atoms with E-state index in [-0.39, 0.29) is 24.2 Å². The number of anilines is 1. The Kier molecular flexibility index (Phi) is 7.17. The lowest BCUT2D eigenvalue weighted by Gasteiger charge is -2.17. The minimum atomic E-state index is -1.28. The molecular weight excluding hydrogens is 538 g/mol. The lowest BCUT2D eigenvalue weighted by atomic mass is 10.3. The number of thioether (sulfide) groups is 2. The number of aliphatic carboxylic acids is 2. The van der Waals surface area contributed by atoms with Crippen LogP contribution in [0.25, 0.3) is 11.0 Å². The van der Waals surface area contributed by atoms with Gasteiger partial charge in [0.05, 0.1) is 15.2 Å². The van der Waals surface area contributed by atoms with E-state index in [0.717, 1.165) is 42.5 Å². The van der Waals surface area contributed by atoms with Gasteiger partial charge in [0.15, 0.2) is 0 Å². The second-order valence-corrected chi connectivity index (χ2v) is 10.9. The van der Waals surface area contributed by atoms with Crippen molar-refractivity contribution in [2.45, 2.75) is 18.4 Å². The molecule has 1 aromatic carbocycles. The van der Waals surface area contributed by atoms with Crippen LogP contribution < -0.4 is 19.7 Å². The van der Waals surface area contributed by atoms with Gasteiger partial charge in [-0.25, -0.2) is 4.39 Å². The molecule has 35 heavy (non-hydrogen) atoms. The molecule has 2 N–H and O–H groups in total. The third-order valence-electron chi connectivity index (χ3n) is 4.92. The number of hydrogen-bond acceptors (Lipinski definition) is 9. The molecule has 0 atom stereocenters. The van der Waals surface area contributed by atoms with E-state index in [2.05, 4.69) is 0 Å². The summed E-state index contributed by atoms with van der Waals surface area (Å²) in [5.41, 5.74) is 0.102. The average molecular weight is 554 g/mol. The fourth-order valence-electron chi connectivity index (χ4n) is 3.45. The molecule has 1 saturated heterocycles. The largest absolute Gasteiger partial charge is 0.480 e. The maximum Gasteiger partial charge on any atom is 0.323 e. The fraction of sp³-hybridized carbons (Fsp3) is 0.190. The first-order chi connectivity index (χ1) is 16.6.